The van der Waals surface area contributed by atoms with Crippen LogP contribution in [0.4, 0.5) is 5.82 Å². The average Bonchev–Trinajstić information content (AvgIpc) is 3.13. The predicted octanol–water partition coefficient (Wildman–Crippen LogP) is 1.38. The summed E-state index contributed by atoms with van der Waals surface area (Å²) in [6.07, 6.45) is 2.38. The summed E-state index contributed by atoms with van der Waals surface area (Å²) < 4.78 is 0. The van der Waals surface area contributed by atoms with Crippen molar-refractivity contribution >= 4 is 11.7 Å². The summed E-state index contributed by atoms with van der Waals surface area (Å²) in [5, 5.41) is 3.35. The van der Waals surface area contributed by atoms with Gasteiger partial charge in [-0.25, -0.2) is 4.98 Å². The van der Waals surface area contributed by atoms with Gasteiger partial charge in [-0.2, -0.15) is 0 Å². The van der Waals surface area contributed by atoms with Crippen LogP contribution in [0.1, 0.15) is 35.8 Å². The van der Waals surface area contributed by atoms with E-state index in [-0.39, 0.29) is 11.9 Å². The maximum absolute atomic E-state index is 12.6. The molecule has 2 aliphatic rings. The van der Waals surface area contributed by atoms with Crippen molar-refractivity contribution in [3.05, 3.63) is 23.4 Å². The zero-order valence-corrected chi connectivity index (χ0v) is 12.1. The fourth-order valence-electron chi connectivity index (χ4n) is 2.64. The van der Waals surface area contributed by atoms with E-state index >= 15 is 0 Å². The molecule has 3 rings (SSSR count). The largest absolute Gasteiger partial charge is 0.367 e. The number of nitrogens with two attached hydrogens (primary N) is 1. The topological polar surface area (TPSA) is 71.2 Å². The summed E-state index contributed by atoms with van der Waals surface area (Å²) in [4.78, 5) is 18.9. The van der Waals surface area contributed by atoms with Crippen LogP contribution < -0.4 is 11.1 Å². The van der Waals surface area contributed by atoms with Crippen molar-refractivity contribution < 1.29 is 4.79 Å². The van der Waals surface area contributed by atoms with Crippen molar-refractivity contribution in [2.45, 2.75) is 38.8 Å². The predicted molar refractivity (Wildman–Crippen MR) is 78.7 cm³/mol. The van der Waals surface area contributed by atoms with Gasteiger partial charge in [0.1, 0.15) is 5.82 Å². The minimum absolute atomic E-state index is 0.0640. The normalized spacial score (nSPS) is 25.9. The molecule has 0 spiro atoms. The number of anilines is 1. The lowest BCUT2D eigenvalue weighted by Gasteiger charge is -2.17. The molecule has 0 bridgehead atoms. The summed E-state index contributed by atoms with van der Waals surface area (Å²) in [5.41, 5.74) is 7.58. The molecule has 1 aromatic rings. The number of hydrogen-bond acceptors (Lipinski definition) is 4. The van der Waals surface area contributed by atoms with E-state index in [1.165, 1.54) is 12.8 Å². The SMILES string of the molecule is Cc1cc(C(=O)N2CC(C)C(N)C2)cc(NC2CC2)n1. The van der Waals surface area contributed by atoms with E-state index in [1.807, 2.05) is 24.0 Å². The highest BCUT2D eigenvalue weighted by Gasteiger charge is 2.30. The molecule has 3 N–H and O–H groups in total. The highest BCUT2D eigenvalue weighted by atomic mass is 16.2. The number of pyridine rings is 1. The third kappa shape index (κ3) is 2.77. The Morgan fingerprint density at radius 3 is 2.75 bits per heavy atom. The lowest BCUT2D eigenvalue weighted by Crippen LogP contribution is -2.32. The summed E-state index contributed by atoms with van der Waals surface area (Å²) in [6, 6.07) is 4.34. The van der Waals surface area contributed by atoms with E-state index < -0.39 is 0 Å². The second-order valence-electron chi connectivity index (χ2n) is 6.15. The quantitative estimate of drug-likeness (QED) is 0.873. The molecule has 1 aromatic heterocycles. The van der Waals surface area contributed by atoms with Gasteiger partial charge in [-0.3, -0.25) is 4.79 Å². The molecular formula is C15H22N4O. The van der Waals surface area contributed by atoms with Gasteiger partial charge in [0.05, 0.1) is 0 Å². The molecule has 5 heteroatoms. The molecule has 5 nitrogen and oxygen atoms in total. The van der Waals surface area contributed by atoms with Crippen LogP contribution in [0.2, 0.25) is 0 Å². The van der Waals surface area contributed by atoms with Gasteiger partial charge in [0.25, 0.3) is 5.91 Å². The number of carbonyl (C=O) groups is 1. The van der Waals surface area contributed by atoms with Crippen molar-refractivity contribution in [2.75, 3.05) is 18.4 Å². The molecule has 2 heterocycles. The third-order valence-corrected chi connectivity index (χ3v) is 4.09. The number of aromatic nitrogens is 1. The van der Waals surface area contributed by atoms with Crippen LogP contribution in [-0.4, -0.2) is 41.0 Å². The zero-order chi connectivity index (χ0) is 14.3. The van der Waals surface area contributed by atoms with Crippen LogP contribution in [0, 0.1) is 12.8 Å². The average molecular weight is 274 g/mol. The fourth-order valence-corrected chi connectivity index (χ4v) is 2.64. The maximum Gasteiger partial charge on any atom is 0.254 e. The van der Waals surface area contributed by atoms with Crippen molar-refractivity contribution in [2.24, 2.45) is 11.7 Å². The molecule has 20 heavy (non-hydrogen) atoms. The van der Waals surface area contributed by atoms with E-state index in [1.54, 1.807) is 0 Å². The minimum Gasteiger partial charge on any atom is -0.367 e. The Bertz CT molecular complexity index is 517. The summed E-state index contributed by atoms with van der Waals surface area (Å²) in [5.74, 6) is 1.24. The molecule has 1 saturated heterocycles. The van der Waals surface area contributed by atoms with Gasteiger partial charge in [0.2, 0.25) is 0 Å². The first kappa shape index (κ1) is 13.4. The Morgan fingerprint density at radius 2 is 2.15 bits per heavy atom. The number of nitrogens with one attached hydrogen (secondary N) is 1. The van der Waals surface area contributed by atoms with Gasteiger partial charge in [0, 0.05) is 36.4 Å². The van der Waals surface area contributed by atoms with Crippen LogP contribution >= 0.6 is 0 Å². The molecule has 1 saturated carbocycles. The highest BCUT2D eigenvalue weighted by Crippen LogP contribution is 2.25. The van der Waals surface area contributed by atoms with Crippen LogP contribution in [-0.2, 0) is 0 Å². The van der Waals surface area contributed by atoms with E-state index in [0.29, 0.717) is 24.1 Å². The molecule has 0 radical (unpaired) electrons. The highest BCUT2D eigenvalue weighted by molar-refractivity contribution is 5.95. The Morgan fingerprint density at radius 1 is 1.40 bits per heavy atom. The van der Waals surface area contributed by atoms with Crippen LogP contribution in [0.25, 0.3) is 0 Å². The second-order valence-corrected chi connectivity index (χ2v) is 6.15. The van der Waals surface area contributed by atoms with Crippen molar-refractivity contribution in [1.82, 2.24) is 9.88 Å². The Balaban J connectivity index is 1.78. The number of hydrogen-bond donors (Lipinski definition) is 2. The molecular weight excluding hydrogens is 252 g/mol. The Kier molecular flexibility index (Phi) is 3.38. The van der Waals surface area contributed by atoms with Gasteiger partial charge in [-0.05, 0) is 37.8 Å². The zero-order valence-electron chi connectivity index (χ0n) is 12.1. The molecule has 2 atom stereocenters. The van der Waals surface area contributed by atoms with Crippen LogP contribution in [0.5, 0.6) is 0 Å². The number of amides is 1. The summed E-state index contributed by atoms with van der Waals surface area (Å²) in [6.45, 7) is 5.41. The number of nitrogens with zero attached hydrogens (tertiary/aromatic N) is 2. The second kappa shape index (κ2) is 5.05. The Hall–Kier alpha value is -1.62. The molecule has 1 aliphatic carbocycles. The molecule has 1 aliphatic heterocycles. The number of carbonyl (C=O) groups excluding carboxylic acids is 1. The first-order chi connectivity index (χ1) is 9.52. The summed E-state index contributed by atoms with van der Waals surface area (Å²) in [7, 11) is 0. The van der Waals surface area contributed by atoms with Gasteiger partial charge in [-0.1, -0.05) is 6.92 Å². The third-order valence-electron chi connectivity index (χ3n) is 4.09. The van der Waals surface area contributed by atoms with Crippen LogP contribution in [0.3, 0.4) is 0 Å². The lowest BCUT2D eigenvalue weighted by atomic mass is 10.1. The number of likely N-dealkylation sites (tertiary alicyclic amines) is 1. The van der Waals surface area contributed by atoms with Crippen molar-refractivity contribution in [3.63, 3.8) is 0 Å². The monoisotopic (exact) mass is 274 g/mol. The van der Waals surface area contributed by atoms with Crippen molar-refractivity contribution in [1.29, 1.82) is 0 Å². The van der Waals surface area contributed by atoms with Crippen molar-refractivity contribution in [3.8, 4) is 0 Å². The van der Waals surface area contributed by atoms with E-state index in [4.69, 9.17) is 5.73 Å². The lowest BCUT2D eigenvalue weighted by molar-refractivity contribution is 0.0786. The van der Waals surface area contributed by atoms with E-state index in [2.05, 4.69) is 17.2 Å². The molecule has 0 aromatic carbocycles. The molecule has 2 fully saturated rings. The van der Waals surface area contributed by atoms with Gasteiger partial charge in [0.15, 0.2) is 0 Å². The van der Waals surface area contributed by atoms with Crippen LogP contribution in [0.15, 0.2) is 12.1 Å². The fraction of sp³-hybridized carbons (Fsp3) is 0.600. The number of aryl methyl sites for hydroxylation is 1. The standard InChI is InChI=1S/C15H22N4O/c1-9-7-19(8-13(9)16)15(20)11-5-10(2)17-14(6-11)18-12-3-4-12/h5-6,9,12-13H,3-4,7-8,16H2,1-2H3,(H,17,18). The van der Waals surface area contributed by atoms with Gasteiger partial charge < -0.3 is 16.0 Å². The smallest absolute Gasteiger partial charge is 0.254 e. The van der Waals surface area contributed by atoms with E-state index in [9.17, 15) is 4.79 Å². The summed E-state index contributed by atoms with van der Waals surface area (Å²) >= 11 is 0. The van der Waals surface area contributed by atoms with Gasteiger partial charge in [-0.15, -0.1) is 0 Å². The molecule has 2 unspecified atom stereocenters. The number of rotatable bonds is 3. The molecule has 1 amide bonds. The minimum atomic E-state index is 0.0640. The van der Waals surface area contributed by atoms with Gasteiger partial charge >= 0.3 is 0 Å². The Labute approximate surface area is 119 Å². The first-order valence-corrected chi connectivity index (χ1v) is 7.33. The first-order valence-electron chi connectivity index (χ1n) is 7.33. The maximum atomic E-state index is 12.6. The molecule has 108 valence electrons. The van der Waals surface area contributed by atoms with E-state index in [0.717, 1.165) is 18.1 Å².